The zero-order chi connectivity index (χ0) is 15.4. The standard InChI is InChI=1S/C13H19N7O2/c1-22-7-2-15-13(21)19-5-3-18(4-6-19)12-9-14-8-11-16-10-17-20(11)12/h8-10H,2-7H2,1H3,(H,15,21). The SMILES string of the molecule is COCCNC(=O)N1CCN(c2cncc3ncnn23)CC1. The first-order valence-electron chi connectivity index (χ1n) is 7.20. The number of ether oxygens (including phenoxy) is 1. The van der Waals surface area contributed by atoms with Gasteiger partial charge in [-0.3, -0.25) is 4.98 Å². The van der Waals surface area contributed by atoms with Crippen LogP contribution in [0.2, 0.25) is 0 Å². The summed E-state index contributed by atoms with van der Waals surface area (Å²) in [6.45, 7) is 3.83. The van der Waals surface area contributed by atoms with Crippen LogP contribution < -0.4 is 10.2 Å². The molecule has 9 nitrogen and oxygen atoms in total. The van der Waals surface area contributed by atoms with Crippen molar-refractivity contribution in [1.82, 2.24) is 29.8 Å². The van der Waals surface area contributed by atoms with Gasteiger partial charge in [0.15, 0.2) is 11.5 Å². The number of piperazine rings is 1. The van der Waals surface area contributed by atoms with Crippen LogP contribution in [0.4, 0.5) is 10.6 Å². The molecule has 1 saturated heterocycles. The van der Waals surface area contributed by atoms with Crippen LogP contribution in [-0.4, -0.2) is 77.0 Å². The lowest BCUT2D eigenvalue weighted by atomic mass is 10.3. The molecule has 0 atom stereocenters. The van der Waals surface area contributed by atoms with Gasteiger partial charge in [0.1, 0.15) is 6.33 Å². The highest BCUT2D eigenvalue weighted by molar-refractivity contribution is 5.74. The van der Waals surface area contributed by atoms with Crippen LogP contribution in [0.1, 0.15) is 0 Å². The van der Waals surface area contributed by atoms with Crippen LogP contribution in [0.15, 0.2) is 18.7 Å². The van der Waals surface area contributed by atoms with Crippen molar-refractivity contribution in [2.24, 2.45) is 0 Å². The fourth-order valence-corrected chi connectivity index (χ4v) is 2.47. The largest absolute Gasteiger partial charge is 0.383 e. The maximum atomic E-state index is 12.0. The van der Waals surface area contributed by atoms with Gasteiger partial charge in [-0.15, -0.1) is 0 Å². The molecule has 0 unspecified atom stereocenters. The summed E-state index contributed by atoms with van der Waals surface area (Å²) < 4.78 is 6.69. The molecule has 0 aliphatic carbocycles. The molecular formula is C13H19N7O2. The van der Waals surface area contributed by atoms with Crippen LogP contribution >= 0.6 is 0 Å². The third kappa shape index (κ3) is 2.93. The number of rotatable bonds is 4. The number of methoxy groups -OCH3 is 1. The minimum absolute atomic E-state index is 0.0474. The van der Waals surface area contributed by atoms with Gasteiger partial charge in [0.2, 0.25) is 0 Å². The van der Waals surface area contributed by atoms with Gasteiger partial charge in [0.05, 0.1) is 19.0 Å². The highest BCUT2D eigenvalue weighted by Gasteiger charge is 2.22. The quantitative estimate of drug-likeness (QED) is 0.774. The summed E-state index contributed by atoms with van der Waals surface area (Å²) in [6, 6.07) is -0.0474. The average molecular weight is 305 g/mol. The summed E-state index contributed by atoms with van der Waals surface area (Å²) in [5.41, 5.74) is 0.720. The van der Waals surface area contributed by atoms with E-state index in [0.717, 1.165) is 24.6 Å². The number of nitrogens with zero attached hydrogens (tertiary/aromatic N) is 6. The molecule has 22 heavy (non-hydrogen) atoms. The molecule has 0 radical (unpaired) electrons. The van der Waals surface area contributed by atoms with E-state index >= 15 is 0 Å². The molecule has 0 saturated carbocycles. The first kappa shape index (κ1) is 14.5. The maximum absolute atomic E-state index is 12.0. The Morgan fingerprint density at radius 1 is 1.32 bits per heavy atom. The number of aromatic nitrogens is 4. The molecule has 0 spiro atoms. The number of carbonyl (C=O) groups excluding carboxylic acids is 1. The molecule has 1 aliphatic rings. The Hall–Kier alpha value is -2.42. The summed E-state index contributed by atoms with van der Waals surface area (Å²) in [4.78, 5) is 24.3. The molecule has 1 fully saturated rings. The van der Waals surface area contributed by atoms with E-state index < -0.39 is 0 Å². The Labute approximate surface area is 127 Å². The number of nitrogens with one attached hydrogen (secondary N) is 1. The molecule has 3 rings (SSSR count). The predicted octanol–water partition coefficient (Wildman–Crippen LogP) is -0.398. The monoisotopic (exact) mass is 305 g/mol. The lowest BCUT2D eigenvalue weighted by molar-refractivity contribution is 0.177. The first-order valence-corrected chi connectivity index (χ1v) is 7.20. The number of hydrogen-bond donors (Lipinski definition) is 1. The van der Waals surface area contributed by atoms with Gasteiger partial charge in [0.25, 0.3) is 0 Å². The zero-order valence-electron chi connectivity index (χ0n) is 12.5. The topological polar surface area (TPSA) is 87.9 Å². The molecule has 0 aromatic carbocycles. The van der Waals surface area contributed by atoms with Crippen LogP contribution in [0.3, 0.4) is 0 Å². The summed E-state index contributed by atoms with van der Waals surface area (Å²) in [5.74, 6) is 0.898. The summed E-state index contributed by atoms with van der Waals surface area (Å²) in [7, 11) is 1.61. The van der Waals surface area contributed by atoms with Crippen molar-refractivity contribution >= 4 is 17.5 Å². The summed E-state index contributed by atoms with van der Waals surface area (Å²) >= 11 is 0. The number of carbonyl (C=O) groups is 1. The van der Waals surface area contributed by atoms with E-state index in [-0.39, 0.29) is 6.03 Å². The Kier molecular flexibility index (Phi) is 4.33. The lowest BCUT2D eigenvalue weighted by Gasteiger charge is -2.35. The molecule has 3 heterocycles. The number of hydrogen-bond acceptors (Lipinski definition) is 6. The number of anilines is 1. The van der Waals surface area contributed by atoms with E-state index in [1.54, 1.807) is 28.9 Å². The van der Waals surface area contributed by atoms with Crippen LogP contribution in [0, 0.1) is 0 Å². The molecule has 1 N–H and O–H groups in total. The van der Waals surface area contributed by atoms with E-state index in [1.807, 2.05) is 0 Å². The Morgan fingerprint density at radius 2 is 2.14 bits per heavy atom. The zero-order valence-corrected chi connectivity index (χ0v) is 12.5. The highest BCUT2D eigenvalue weighted by Crippen LogP contribution is 2.15. The van der Waals surface area contributed by atoms with E-state index in [9.17, 15) is 4.79 Å². The molecule has 0 bridgehead atoms. The third-order valence-corrected chi connectivity index (χ3v) is 3.64. The van der Waals surface area contributed by atoms with Crippen molar-refractivity contribution in [3.05, 3.63) is 18.7 Å². The summed E-state index contributed by atoms with van der Waals surface area (Å²) in [6.07, 6.45) is 4.96. The Balaban J connectivity index is 1.60. The molecule has 2 amide bonds. The third-order valence-electron chi connectivity index (χ3n) is 3.64. The van der Waals surface area contributed by atoms with Crippen molar-refractivity contribution in [3.8, 4) is 0 Å². The van der Waals surface area contributed by atoms with Gasteiger partial charge in [-0.05, 0) is 0 Å². The van der Waals surface area contributed by atoms with E-state index in [4.69, 9.17) is 4.74 Å². The Morgan fingerprint density at radius 3 is 2.91 bits per heavy atom. The second-order valence-corrected chi connectivity index (χ2v) is 4.99. The van der Waals surface area contributed by atoms with Gasteiger partial charge < -0.3 is 19.9 Å². The predicted molar refractivity (Wildman–Crippen MR) is 79.8 cm³/mol. The molecule has 2 aromatic rings. The Bertz CT molecular complexity index is 636. The van der Waals surface area contributed by atoms with Crippen molar-refractivity contribution in [1.29, 1.82) is 0 Å². The van der Waals surface area contributed by atoms with Crippen molar-refractivity contribution in [2.75, 3.05) is 51.3 Å². The number of urea groups is 1. The van der Waals surface area contributed by atoms with Gasteiger partial charge in [0, 0.05) is 39.8 Å². The second-order valence-electron chi connectivity index (χ2n) is 4.99. The smallest absolute Gasteiger partial charge is 0.317 e. The molecule has 1 aliphatic heterocycles. The van der Waals surface area contributed by atoms with Gasteiger partial charge in [-0.25, -0.2) is 9.78 Å². The van der Waals surface area contributed by atoms with Crippen molar-refractivity contribution in [2.45, 2.75) is 0 Å². The fraction of sp³-hybridized carbons (Fsp3) is 0.538. The van der Waals surface area contributed by atoms with Crippen molar-refractivity contribution < 1.29 is 9.53 Å². The van der Waals surface area contributed by atoms with Gasteiger partial charge >= 0.3 is 6.03 Å². The minimum atomic E-state index is -0.0474. The fourth-order valence-electron chi connectivity index (χ4n) is 2.47. The van der Waals surface area contributed by atoms with Crippen LogP contribution in [0.5, 0.6) is 0 Å². The van der Waals surface area contributed by atoms with Crippen LogP contribution in [-0.2, 0) is 4.74 Å². The number of fused-ring (bicyclic) bond motifs is 1. The van der Waals surface area contributed by atoms with E-state index in [0.29, 0.717) is 26.2 Å². The molecular weight excluding hydrogens is 286 g/mol. The molecule has 2 aromatic heterocycles. The first-order chi connectivity index (χ1) is 10.8. The second kappa shape index (κ2) is 6.56. The van der Waals surface area contributed by atoms with Gasteiger partial charge in [-0.1, -0.05) is 0 Å². The summed E-state index contributed by atoms with van der Waals surface area (Å²) in [5, 5.41) is 7.05. The maximum Gasteiger partial charge on any atom is 0.317 e. The van der Waals surface area contributed by atoms with Crippen molar-refractivity contribution in [3.63, 3.8) is 0 Å². The van der Waals surface area contributed by atoms with E-state index in [1.165, 1.54) is 6.33 Å². The minimum Gasteiger partial charge on any atom is -0.383 e. The normalized spacial score (nSPS) is 15.3. The molecule has 9 heteroatoms. The van der Waals surface area contributed by atoms with E-state index in [2.05, 4.69) is 25.3 Å². The average Bonchev–Trinajstić information content (AvgIpc) is 3.04. The lowest BCUT2D eigenvalue weighted by Crippen LogP contribution is -2.52. The molecule has 118 valence electrons. The van der Waals surface area contributed by atoms with Gasteiger partial charge in [-0.2, -0.15) is 9.61 Å². The highest BCUT2D eigenvalue weighted by atomic mass is 16.5. The van der Waals surface area contributed by atoms with Crippen LogP contribution in [0.25, 0.3) is 5.65 Å². The number of amides is 2.